The lowest BCUT2D eigenvalue weighted by molar-refractivity contribution is 0.105. The third-order valence-electron chi connectivity index (χ3n) is 7.39. The first-order valence-corrected chi connectivity index (χ1v) is 12.5. The van der Waals surface area contributed by atoms with E-state index in [0.29, 0.717) is 11.5 Å². The number of hydrogen-bond donors (Lipinski definition) is 0. The topological polar surface area (TPSA) is 48.4 Å². The molecule has 6 heteroatoms. The molecule has 0 aromatic carbocycles. The molecule has 2 fully saturated rings. The van der Waals surface area contributed by atoms with Gasteiger partial charge in [0.25, 0.3) is 0 Å². The average Bonchev–Trinajstić information content (AvgIpc) is 3.59. The van der Waals surface area contributed by atoms with Gasteiger partial charge in [-0.05, 0) is 63.2 Å². The summed E-state index contributed by atoms with van der Waals surface area (Å²) in [7, 11) is 2.19. The molecule has 1 saturated carbocycles. The zero-order chi connectivity index (χ0) is 22.7. The van der Waals surface area contributed by atoms with E-state index < -0.39 is 0 Å². The summed E-state index contributed by atoms with van der Waals surface area (Å²) >= 11 is 0. The lowest BCUT2D eigenvalue weighted by atomic mass is 9.79. The number of nitrogens with zero attached hydrogens (tertiary/aromatic N) is 6. The first-order chi connectivity index (χ1) is 15.6. The van der Waals surface area contributed by atoms with Crippen LogP contribution >= 0.6 is 0 Å². The van der Waals surface area contributed by atoms with Gasteiger partial charge >= 0.3 is 0 Å². The number of fused-ring (bicyclic) bond motifs is 1. The summed E-state index contributed by atoms with van der Waals surface area (Å²) in [5, 5.41) is 0. The summed E-state index contributed by atoms with van der Waals surface area (Å²) in [5.41, 5.74) is 4.32. The minimum Gasteiger partial charge on any atom is -0.354 e. The van der Waals surface area contributed by atoms with Gasteiger partial charge in [0.1, 0.15) is 11.6 Å². The minimum absolute atomic E-state index is 0.412. The smallest absolute Gasteiger partial charge is 0.132 e. The van der Waals surface area contributed by atoms with E-state index in [1.54, 1.807) is 0 Å². The zero-order valence-electron chi connectivity index (χ0n) is 20.6. The molecule has 3 aliphatic rings. The fourth-order valence-corrected chi connectivity index (χ4v) is 5.45. The van der Waals surface area contributed by atoms with Crippen LogP contribution in [-0.4, -0.2) is 64.5 Å². The van der Waals surface area contributed by atoms with Crippen LogP contribution in [0.25, 0.3) is 0 Å². The molecule has 0 bridgehead atoms. The Bertz CT molecular complexity index is 901. The molecule has 0 N–H and O–H groups in total. The number of anilines is 1. The molecule has 0 radical (unpaired) electrons. The van der Waals surface area contributed by atoms with E-state index in [1.165, 1.54) is 36.9 Å². The Morgan fingerprint density at radius 2 is 1.84 bits per heavy atom. The highest BCUT2D eigenvalue weighted by Gasteiger charge is 2.54. The highest BCUT2D eigenvalue weighted by atomic mass is 15.3. The summed E-state index contributed by atoms with van der Waals surface area (Å²) < 4.78 is 0. The first kappa shape index (κ1) is 23.1. The predicted molar refractivity (Wildman–Crippen MR) is 131 cm³/mol. The molecule has 1 unspecified atom stereocenters. The third-order valence-corrected chi connectivity index (χ3v) is 7.39. The maximum absolute atomic E-state index is 4.88. The summed E-state index contributed by atoms with van der Waals surface area (Å²) in [5.74, 6) is 1.96. The Balaban J connectivity index is 0.00000119. The van der Waals surface area contributed by atoms with Crippen LogP contribution in [0.5, 0.6) is 0 Å². The van der Waals surface area contributed by atoms with Crippen molar-refractivity contribution >= 4 is 5.82 Å². The molecule has 1 aliphatic heterocycles. The Labute approximate surface area is 194 Å². The van der Waals surface area contributed by atoms with Crippen LogP contribution in [0, 0.1) is 12.3 Å². The van der Waals surface area contributed by atoms with Gasteiger partial charge in [0.05, 0.1) is 17.4 Å². The minimum atomic E-state index is 0.412. The lowest BCUT2D eigenvalue weighted by Crippen LogP contribution is -2.45. The molecule has 32 heavy (non-hydrogen) atoms. The second kappa shape index (κ2) is 9.84. The molecular formula is C26H40N6. The maximum Gasteiger partial charge on any atom is 0.132 e. The van der Waals surface area contributed by atoms with Crippen LogP contribution in [0.2, 0.25) is 0 Å². The normalized spacial score (nSPS) is 21.8. The zero-order valence-corrected chi connectivity index (χ0v) is 20.6. The fourth-order valence-electron chi connectivity index (χ4n) is 5.45. The highest BCUT2D eigenvalue weighted by Crippen LogP contribution is 2.62. The van der Waals surface area contributed by atoms with E-state index in [-0.39, 0.29) is 0 Å². The Morgan fingerprint density at radius 1 is 1.09 bits per heavy atom. The van der Waals surface area contributed by atoms with Crippen molar-refractivity contribution in [3.63, 3.8) is 0 Å². The van der Waals surface area contributed by atoms with Crippen LogP contribution in [0.4, 0.5) is 5.82 Å². The largest absolute Gasteiger partial charge is 0.354 e. The van der Waals surface area contributed by atoms with Crippen molar-refractivity contribution in [3.05, 3.63) is 47.2 Å². The number of aryl methyl sites for hydroxylation is 2. The molecule has 0 amide bonds. The number of aromatic nitrogens is 3. The van der Waals surface area contributed by atoms with E-state index >= 15 is 0 Å². The average molecular weight is 437 g/mol. The van der Waals surface area contributed by atoms with Crippen LogP contribution < -0.4 is 4.90 Å². The molecular weight excluding hydrogens is 396 g/mol. The van der Waals surface area contributed by atoms with Gasteiger partial charge < -0.3 is 9.80 Å². The van der Waals surface area contributed by atoms with Gasteiger partial charge in [-0.2, -0.15) is 0 Å². The van der Waals surface area contributed by atoms with Gasteiger partial charge in [0, 0.05) is 45.0 Å². The Kier molecular flexibility index (Phi) is 7.11. The molecule has 6 nitrogen and oxygen atoms in total. The van der Waals surface area contributed by atoms with E-state index in [1.807, 2.05) is 27.0 Å². The Morgan fingerprint density at radius 3 is 2.53 bits per heavy atom. The van der Waals surface area contributed by atoms with Crippen molar-refractivity contribution < 1.29 is 0 Å². The van der Waals surface area contributed by atoms with Crippen molar-refractivity contribution in [1.29, 1.82) is 0 Å². The first-order valence-electron chi connectivity index (χ1n) is 12.5. The van der Waals surface area contributed by atoms with E-state index in [2.05, 4.69) is 46.9 Å². The van der Waals surface area contributed by atoms with Crippen molar-refractivity contribution in [3.8, 4) is 0 Å². The van der Waals surface area contributed by atoms with Crippen LogP contribution in [0.15, 0.2) is 24.4 Å². The SMILES string of the molecule is CC.CCN(Cc1cc(N2CCN(C)CC2)nc(C)n1)C1c2ncccc2CCC12CC2. The molecule has 2 aliphatic carbocycles. The molecule has 1 atom stereocenters. The molecule has 174 valence electrons. The van der Waals surface area contributed by atoms with E-state index in [4.69, 9.17) is 15.0 Å². The maximum atomic E-state index is 4.88. The number of likely N-dealkylation sites (N-methyl/N-ethyl adjacent to an activating group) is 1. The predicted octanol–water partition coefficient (Wildman–Crippen LogP) is 4.25. The number of hydrogen-bond acceptors (Lipinski definition) is 6. The summed E-state index contributed by atoms with van der Waals surface area (Å²) in [6.07, 6.45) is 7.11. The lowest BCUT2D eigenvalue weighted by Gasteiger charge is -2.40. The van der Waals surface area contributed by atoms with Gasteiger partial charge in [0.2, 0.25) is 0 Å². The molecule has 1 spiro atoms. The van der Waals surface area contributed by atoms with Crippen molar-refractivity contribution in [2.45, 2.75) is 66.0 Å². The van der Waals surface area contributed by atoms with E-state index in [0.717, 1.165) is 56.6 Å². The quantitative estimate of drug-likeness (QED) is 0.698. The second-order valence-electron chi connectivity index (χ2n) is 9.43. The standard InChI is InChI=1S/C24H34N6.C2H6/c1-4-29(23-22-19(6-5-11-25-22)7-8-24(23)9-10-24)17-20-16-21(27-18(2)26-20)30-14-12-28(3)13-15-30;1-2/h5-6,11,16,23H,4,7-10,12-15,17H2,1-3H3;1-2H3. The fraction of sp³-hybridized carbons (Fsp3) is 0.654. The molecule has 5 rings (SSSR count). The number of piperazine rings is 1. The van der Waals surface area contributed by atoms with Crippen molar-refractivity contribution in [1.82, 2.24) is 24.8 Å². The number of rotatable bonds is 5. The molecule has 2 aromatic heterocycles. The van der Waals surface area contributed by atoms with Crippen LogP contribution in [0.3, 0.4) is 0 Å². The highest BCUT2D eigenvalue weighted by molar-refractivity contribution is 5.41. The number of pyridine rings is 1. The van der Waals surface area contributed by atoms with E-state index in [9.17, 15) is 0 Å². The summed E-state index contributed by atoms with van der Waals surface area (Å²) in [6, 6.07) is 7.00. The summed E-state index contributed by atoms with van der Waals surface area (Å²) in [4.78, 5) is 21.9. The molecule has 3 heterocycles. The van der Waals surface area contributed by atoms with Crippen molar-refractivity contribution in [2.24, 2.45) is 5.41 Å². The molecule has 2 aromatic rings. The summed E-state index contributed by atoms with van der Waals surface area (Å²) in [6.45, 7) is 14.4. The van der Waals surface area contributed by atoms with Crippen molar-refractivity contribution in [2.75, 3.05) is 44.7 Å². The van der Waals surface area contributed by atoms with Crippen LogP contribution in [-0.2, 0) is 13.0 Å². The van der Waals surface area contributed by atoms with Gasteiger partial charge in [0.15, 0.2) is 0 Å². The van der Waals surface area contributed by atoms with Crippen LogP contribution in [0.1, 0.15) is 68.9 Å². The van der Waals surface area contributed by atoms with Gasteiger partial charge in [-0.15, -0.1) is 0 Å². The molecule has 1 saturated heterocycles. The van der Waals surface area contributed by atoms with Gasteiger partial charge in [-0.25, -0.2) is 9.97 Å². The second-order valence-corrected chi connectivity index (χ2v) is 9.43. The van der Waals surface area contributed by atoms with Gasteiger partial charge in [-0.3, -0.25) is 9.88 Å². The third kappa shape index (κ3) is 4.67. The monoisotopic (exact) mass is 436 g/mol. The Hall–Kier alpha value is -2.05. The van der Waals surface area contributed by atoms with Gasteiger partial charge in [-0.1, -0.05) is 26.8 Å².